The van der Waals surface area contributed by atoms with Crippen LogP contribution in [0.2, 0.25) is 0 Å². The van der Waals surface area contributed by atoms with Crippen LogP contribution in [0.1, 0.15) is 5.69 Å². The van der Waals surface area contributed by atoms with Crippen LogP contribution in [0.25, 0.3) is 16.9 Å². The number of benzene rings is 1. The van der Waals surface area contributed by atoms with Gasteiger partial charge in [0, 0.05) is 49.0 Å². The summed E-state index contributed by atoms with van der Waals surface area (Å²) < 4.78 is 16.4. The highest BCUT2D eigenvalue weighted by atomic mass is 79.9. The number of piperazine rings is 1. The van der Waals surface area contributed by atoms with Crippen molar-refractivity contribution in [3.63, 3.8) is 0 Å². The fraction of sp³-hybridized carbons (Fsp3) is 0.278. The van der Waals surface area contributed by atoms with E-state index < -0.39 is 0 Å². The van der Waals surface area contributed by atoms with Gasteiger partial charge in [0.1, 0.15) is 11.5 Å². The Hall–Kier alpha value is -1.76. The zero-order chi connectivity index (χ0) is 16.5. The minimum atomic E-state index is -0.228. The average molecular weight is 389 g/mol. The highest BCUT2D eigenvalue weighted by Crippen LogP contribution is 2.27. The first kappa shape index (κ1) is 15.7. The first-order chi connectivity index (χ1) is 11.7. The van der Waals surface area contributed by atoms with Gasteiger partial charge < -0.3 is 9.72 Å². The van der Waals surface area contributed by atoms with E-state index in [9.17, 15) is 4.39 Å². The Morgan fingerprint density at radius 2 is 1.83 bits per heavy atom. The average Bonchev–Trinajstić information content (AvgIpc) is 2.94. The summed E-state index contributed by atoms with van der Waals surface area (Å²) in [4.78, 5) is 7.22. The molecular weight excluding hydrogens is 371 g/mol. The molecule has 0 saturated carbocycles. The molecule has 1 aliphatic heterocycles. The van der Waals surface area contributed by atoms with E-state index in [0.717, 1.165) is 59.8 Å². The van der Waals surface area contributed by atoms with E-state index in [4.69, 9.17) is 4.98 Å². The third kappa shape index (κ3) is 3.09. The summed E-state index contributed by atoms with van der Waals surface area (Å²) in [5, 5.41) is 3.38. The zero-order valence-corrected chi connectivity index (χ0v) is 14.8. The van der Waals surface area contributed by atoms with Crippen molar-refractivity contribution in [2.45, 2.75) is 6.54 Å². The van der Waals surface area contributed by atoms with E-state index in [1.807, 2.05) is 18.3 Å². The van der Waals surface area contributed by atoms with E-state index in [-0.39, 0.29) is 5.82 Å². The molecule has 1 N–H and O–H groups in total. The molecule has 0 amide bonds. The number of hydrogen-bond donors (Lipinski definition) is 1. The smallest absolute Gasteiger partial charge is 0.137 e. The molecule has 1 aromatic carbocycles. The highest BCUT2D eigenvalue weighted by molar-refractivity contribution is 9.10. The molecule has 0 atom stereocenters. The second kappa shape index (κ2) is 6.63. The Labute approximate surface area is 148 Å². The Balaban J connectivity index is 1.81. The van der Waals surface area contributed by atoms with E-state index in [0.29, 0.717) is 0 Å². The molecule has 0 spiro atoms. The molecule has 1 aliphatic rings. The van der Waals surface area contributed by atoms with Crippen LogP contribution >= 0.6 is 15.9 Å². The Bertz CT molecular complexity index is 853. The predicted octanol–water partition coefficient (Wildman–Crippen LogP) is 3.31. The molecule has 6 heteroatoms. The summed E-state index contributed by atoms with van der Waals surface area (Å²) in [6, 6.07) is 10.6. The Morgan fingerprint density at radius 1 is 1.08 bits per heavy atom. The van der Waals surface area contributed by atoms with Crippen LogP contribution in [0.5, 0.6) is 0 Å². The second-order valence-electron chi connectivity index (χ2n) is 6.02. The lowest BCUT2D eigenvalue weighted by Gasteiger charge is -2.27. The van der Waals surface area contributed by atoms with Gasteiger partial charge in [0.2, 0.25) is 0 Å². The molecule has 124 valence electrons. The lowest BCUT2D eigenvalue weighted by molar-refractivity contribution is 0.230. The van der Waals surface area contributed by atoms with Gasteiger partial charge in [0.25, 0.3) is 0 Å². The van der Waals surface area contributed by atoms with E-state index in [2.05, 4.69) is 30.5 Å². The summed E-state index contributed by atoms with van der Waals surface area (Å²) in [5.41, 5.74) is 3.91. The van der Waals surface area contributed by atoms with E-state index >= 15 is 0 Å². The van der Waals surface area contributed by atoms with Crippen molar-refractivity contribution in [2.75, 3.05) is 26.2 Å². The number of imidazole rings is 1. The molecule has 0 bridgehead atoms. The summed E-state index contributed by atoms with van der Waals surface area (Å²) in [6.07, 6.45) is 2.05. The molecular formula is C18H18BrFN4. The molecule has 3 heterocycles. The fourth-order valence-corrected chi connectivity index (χ4v) is 3.48. The topological polar surface area (TPSA) is 32.6 Å². The van der Waals surface area contributed by atoms with Gasteiger partial charge in [0.15, 0.2) is 0 Å². The molecule has 2 aromatic heterocycles. The largest absolute Gasteiger partial charge is 0.314 e. The molecule has 24 heavy (non-hydrogen) atoms. The molecule has 4 rings (SSSR count). The number of nitrogens with zero attached hydrogens (tertiary/aromatic N) is 3. The van der Waals surface area contributed by atoms with E-state index in [1.54, 1.807) is 12.1 Å². The third-order valence-corrected chi connectivity index (χ3v) is 4.85. The number of fused-ring (bicyclic) bond motifs is 1. The number of halogens is 2. The summed E-state index contributed by atoms with van der Waals surface area (Å²) in [6.45, 7) is 4.87. The fourth-order valence-electron chi connectivity index (χ4n) is 3.14. The molecule has 3 aromatic rings. The van der Waals surface area contributed by atoms with Crippen molar-refractivity contribution in [3.8, 4) is 11.3 Å². The molecule has 4 nitrogen and oxygen atoms in total. The van der Waals surface area contributed by atoms with Crippen molar-refractivity contribution >= 4 is 21.6 Å². The van der Waals surface area contributed by atoms with Crippen molar-refractivity contribution in [2.24, 2.45) is 0 Å². The first-order valence-electron chi connectivity index (χ1n) is 8.06. The van der Waals surface area contributed by atoms with Gasteiger partial charge in [-0.2, -0.15) is 0 Å². The van der Waals surface area contributed by atoms with Crippen LogP contribution in [0.3, 0.4) is 0 Å². The quantitative estimate of drug-likeness (QED) is 0.746. The maximum Gasteiger partial charge on any atom is 0.137 e. The number of aromatic nitrogens is 2. The van der Waals surface area contributed by atoms with Crippen LogP contribution in [-0.2, 0) is 6.54 Å². The van der Waals surface area contributed by atoms with Crippen LogP contribution in [-0.4, -0.2) is 40.5 Å². The SMILES string of the molecule is Fc1ccc(-c2nc3ccc(Br)cn3c2CN2CCNCC2)cc1. The normalized spacial score (nSPS) is 15.9. The number of nitrogens with one attached hydrogen (secondary N) is 1. The van der Waals surface area contributed by atoms with Crippen LogP contribution in [0.4, 0.5) is 4.39 Å². The molecule has 0 aliphatic carbocycles. The monoisotopic (exact) mass is 388 g/mol. The summed E-state index contributed by atoms with van der Waals surface area (Å²) in [5.74, 6) is -0.228. The Morgan fingerprint density at radius 3 is 2.58 bits per heavy atom. The molecule has 0 radical (unpaired) electrons. The highest BCUT2D eigenvalue weighted by Gasteiger charge is 2.18. The standard InChI is InChI=1S/C18H18BrFN4/c19-14-3-6-17-22-18(13-1-4-15(20)5-2-13)16(24(17)11-14)12-23-9-7-21-8-10-23/h1-6,11,21H,7-10,12H2. The van der Waals surface area contributed by atoms with Gasteiger partial charge >= 0.3 is 0 Å². The van der Waals surface area contributed by atoms with Gasteiger partial charge in [-0.15, -0.1) is 0 Å². The second-order valence-corrected chi connectivity index (χ2v) is 6.93. The van der Waals surface area contributed by atoms with Crippen molar-refractivity contribution in [1.82, 2.24) is 19.6 Å². The van der Waals surface area contributed by atoms with Gasteiger partial charge in [0.05, 0.1) is 11.4 Å². The van der Waals surface area contributed by atoms with Gasteiger partial charge in [-0.05, 0) is 52.3 Å². The van der Waals surface area contributed by atoms with Gasteiger partial charge in [-0.25, -0.2) is 9.37 Å². The predicted molar refractivity (Wildman–Crippen MR) is 96.4 cm³/mol. The first-order valence-corrected chi connectivity index (χ1v) is 8.85. The van der Waals surface area contributed by atoms with Crippen LogP contribution in [0, 0.1) is 5.82 Å². The van der Waals surface area contributed by atoms with Gasteiger partial charge in [-0.3, -0.25) is 4.90 Å². The molecule has 0 unspecified atom stereocenters. The van der Waals surface area contributed by atoms with Gasteiger partial charge in [-0.1, -0.05) is 0 Å². The Kier molecular flexibility index (Phi) is 4.35. The zero-order valence-electron chi connectivity index (χ0n) is 13.2. The molecule has 1 fully saturated rings. The number of hydrogen-bond acceptors (Lipinski definition) is 3. The summed E-state index contributed by atoms with van der Waals surface area (Å²) in [7, 11) is 0. The molecule has 1 saturated heterocycles. The lowest BCUT2D eigenvalue weighted by atomic mass is 10.1. The van der Waals surface area contributed by atoms with Crippen molar-refractivity contribution < 1.29 is 4.39 Å². The summed E-state index contributed by atoms with van der Waals surface area (Å²) >= 11 is 3.55. The number of rotatable bonds is 3. The maximum atomic E-state index is 13.3. The van der Waals surface area contributed by atoms with Crippen molar-refractivity contribution in [3.05, 3.63) is 58.6 Å². The third-order valence-electron chi connectivity index (χ3n) is 4.38. The maximum absolute atomic E-state index is 13.3. The van der Waals surface area contributed by atoms with E-state index in [1.165, 1.54) is 12.1 Å². The van der Waals surface area contributed by atoms with Crippen molar-refractivity contribution in [1.29, 1.82) is 0 Å². The minimum Gasteiger partial charge on any atom is -0.314 e. The number of pyridine rings is 1. The minimum absolute atomic E-state index is 0.228. The lowest BCUT2D eigenvalue weighted by Crippen LogP contribution is -2.43. The van der Waals surface area contributed by atoms with Crippen LogP contribution in [0.15, 0.2) is 47.1 Å². The van der Waals surface area contributed by atoms with Crippen LogP contribution < -0.4 is 5.32 Å².